The third-order valence-corrected chi connectivity index (χ3v) is 2.77. The number of aryl methyl sites for hydroxylation is 1. The molecule has 3 N–H and O–H groups in total. The van der Waals surface area contributed by atoms with Crippen LogP contribution < -0.4 is 5.32 Å². The number of phenols is 1. The highest BCUT2D eigenvalue weighted by molar-refractivity contribution is 5.96. The molecule has 1 aromatic rings. The topological polar surface area (TPSA) is 86.6 Å². The van der Waals surface area contributed by atoms with E-state index in [0.29, 0.717) is 17.5 Å². The van der Waals surface area contributed by atoms with Gasteiger partial charge in [0, 0.05) is 5.56 Å². The first-order chi connectivity index (χ1) is 8.81. The number of amides is 1. The smallest absolute Gasteiger partial charge is 0.326 e. The maximum absolute atomic E-state index is 11.9. The summed E-state index contributed by atoms with van der Waals surface area (Å²) in [5.41, 5.74) is 0.911. The van der Waals surface area contributed by atoms with Crippen LogP contribution >= 0.6 is 0 Å². The molecule has 104 valence electrons. The number of carbonyl (C=O) groups excluding carboxylic acids is 1. The van der Waals surface area contributed by atoms with Gasteiger partial charge in [-0.25, -0.2) is 4.79 Å². The molecule has 0 aliphatic heterocycles. The van der Waals surface area contributed by atoms with Gasteiger partial charge in [0.15, 0.2) is 0 Å². The van der Waals surface area contributed by atoms with Crippen molar-refractivity contribution in [3.8, 4) is 5.75 Å². The van der Waals surface area contributed by atoms with Gasteiger partial charge in [0.05, 0.1) is 0 Å². The second-order valence-corrected chi connectivity index (χ2v) is 5.00. The fourth-order valence-corrected chi connectivity index (χ4v) is 1.73. The predicted octanol–water partition coefficient (Wildman–Crippen LogP) is 1.93. The fourth-order valence-electron chi connectivity index (χ4n) is 1.73. The summed E-state index contributed by atoms with van der Waals surface area (Å²) in [7, 11) is 0. The zero-order valence-corrected chi connectivity index (χ0v) is 11.3. The van der Waals surface area contributed by atoms with E-state index >= 15 is 0 Å². The second-order valence-electron chi connectivity index (χ2n) is 5.00. The zero-order valence-electron chi connectivity index (χ0n) is 11.3. The summed E-state index contributed by atoms with van der Waals surface area (Å²) >= 11 is 0. The van der Waals surface area contributed by atoms with Crippen LogP contribution in [0.25, 0.3) is 0 Å². The van der Waals surface area contributed by atoms with E-state index in [9.17, 15) is 14.7 Å². The van der Waals surface area contributed by atoms with Crippen molar-refractivity contribution < 1.29 is 19.8 Å². The zero-order chi connectivity index (χ0) is 14.6. The number of aliphatic carboxylic acids is 1. The minimum absolute atomic E-state index is 0.105. The Morgan fingerprint density at radius 3 is 2.42 bits per heavy atom. The molecular weight excluding hydrogens is 246 g/mol. The molecule has 0 heterocycles. The van der Waals surface area contributed by atoms with Gasteiger partial charge < -0.3 is 15.5 Å². The molecule has 0 bridgehead atoms. The van der Waals surface area contributed by atoms with Gasteiger partial charge in [-0.3, -0.25) is 4.79 Å². The quantitative estimate of drug-likeness (QED) is 0.759. The fraction of sp³-hybridized carbons (Fsp3) is 0.429. The van der Waals surface area contributed by atoms with E-state index in [1.54, 1.807) is 6.92 Å². The molecule has 19 heavy (non-hydrogen) atoms. The third kappa shape index (κ3) is 4.28. The van der Waals surface area contributed by atoms with E-state index in [-0.39, 0.29) is 11.7 Å². The van der Waals surface area contributed by atoms with Crippen molar-refractivity contribution in [3.05, 3.63) is 29.3 Å². The average Bonchev–Trinajstić information content (AvgIpc) is 2.31. The summed E-state index contributed by atoms with van der Waals surface area (Å²) in [4.78, 5) is 23.0. The SMILES string of the molecule is Cc1cc(C(=O)N[C@@H](CC(C)C)C(=O)O)ccc1O. The van der Waals surface area contributed by atoms with Crippen molar-refractivity contribution in [2.75, 3.05) is 0 Å². The van der Waals surface area contributed by atoms with Crippen LogP contribution in [-0.2, 0) is 4.79 Å². The Morgan fingerprint density at radius 2 is 1.95 bits per heavy atom. The maximum atomic E-state index is 11.9. The molecule has 0 saturated heterocycles. The number of carboxylic acid groups (broad SMARTS) is 1. The number of hydrogen-bond acceptors (Lipinski definition) is 3. The first-order valence-corrected chi connectivity index (χ1v) is 6.14. The normalized spacial score (nSPS) is 12.2. The Hall–Kier alpha value is -2.04. The van der Waals surface area contributed by atoms with E-state index < -0.39 is 17.9 Å². The van der Waals surface area contributed by atoms with E-state index in [1.807, 2.05) is 13.8 Å². The van der Waals surface area contributed by atoms with E-state index in [0.717, 1.165) is 0 Å². The van der Waals surface area contributed by atoms with Crippen LogP contribution in [0.3, 0.4) is 0 Å². The number of carboxylic acids is 1. The minimum Gasteiger partial charge on any atom is -0.508 e. The Kier molecular flexibility index (Phi) is 4.92. The van der Waals surface area contributed by atoms with E-state index in [4.69, 9.17) is 5.11 Å². The molecule has 1 atom stereocenters. The van der Waals surface area contributed by atoms with Gasteiger partial charge >= 0.3 is 5.97 Å². The van der Waals surface area contributed by atoms with Gasteiger partial charge in [-0.1, -0.05) is 13.8 Å². The number of hydrogen-bond donors (Lipinski definition) is 3. The van der Waals surface area contributed by atoms with Crippen LogP contribution in [0.2, 0.25) is 0 Å². The minimum atomic E-state index is -1.04. The molecule has 1 aromatic carbocycles. The lowest BCUT2D eigenvalue weighted by Gasteiger charge is -2.16. The van der Waals surface area contributed by atoms with E-state index in [2.05, 4.69) is 5.32 Å². The molecule has 5 nitrogen and oxygen atoms in total. The van der Waals surface area contributed by atoms with Gasteiger partial charge in [-0.15, -0.1) is 0 Å². The van der Waals surface area contributed by atoms with Gasteiger partial charge in [0.1, 0.15) is 11.8 Å². The third-order valence-electron chi connectivity index (χ3n) is 2.77. The van der Waals surface area contributed by atoms with Gasteiger partial charge in [0.2, 0.25) is 0 Å². The average molecular weight is 265 g/mol. The summed E-state index contributed by atoms with van der Waals surface area (Å²) in [6, 6.07) is 3.51. The number of rotatable bonds is 5. The molecule has 0 radical (unpaired) electrons. The summed E-state index contributed by atoms with van der Waals surface area (Å²) in [5, 5.41) is 20.9. The standard InChI is InChI=1S/C14H19NO4/c1-8(2)6-11(14(18)19)15-13(17)10-4-5-12(16)9(3)7-10/h4-5,7-8,11,16H,6H2,1-3H3,(H,15,17)(H,18,19)/t11-/m0/s1. The van der Waals surface area contributed by atoms with Crippen LogP contribution in [-0.4, -0.2) is 28.1 Å². The maximum Gasteiger partial charge on any atom is 0.326 e. The van der Waals surface area contributed by atoms with E-state index in [1.165, 1.54) is 18.2 Å². The number of carbonyl (C=O) groups is 2. The number of nitrogens with one attached hydrogen (secondary N) is 1. The summed E-state index contributed by atoms with van der Waals surface area (Å²) in [5.74, 6) is -1.22. The molecule has 1 rings (SSSR count). The summed E-state index contributed by atoms with van der Waals surface area (Å²) in [6.07, 6.45) is 0.373. The van der Waals surface area contributed by atoms with Crippen LogP contribution in [0, 0.1) is 12.8 Å². The van der Waals surface area contributed by atoms with Crippen LogP contribution in [0.4, 0.5) is 0 Å². The number of phenolic OH excluding ortho intramolecular Hbond substituents is 1. The molecular formula is C14H19NO4. The van der Waals surface area contributed by atoms with Crippen molar-refractivity contribution in [1.29, 1.82) is 0 Å². The molecule has 0 aromatic heterocycles. The Balaban J connectivity index is 2.81. The molecule has 0 aliphatic rings. The monoisotopic (exact) mass is 265 g/mol. The van der Waals surface area contributed by atoms with Crippen LogP contribution in [0.1, 0.15) is 36.2 Å². The Morgan fingerprint density at radius 1 is 1.32 bits per heavy atom. The van der Waals surface area contributed by atoms with Crippen molar-refractivity contribution >= 4 is 11.9 Å². The molecule has 0 unspecified atom stereocenters. The molecule has 0 spiro atoms. The number of aromatic hydroxyl groups is 1. The number of benzene rings is 1. The van der Waals surface area contributed by atoms with Crippen LogP contribution in [0.5, 0.6) is 5.75 Å². The lowest BCUT2D eigenvalue weighted by Crippen LogP contribution is -2.41. The largest absolute Gasteiger partial charge is 0.508 e. The van der Waals surface area contributed by atoms with Crippen LogP contribution in [0.15, 0.2) is 18.2 Å². The first kappa shape index (κ1) is 15.0. The van der Waals surface area contributed by atoms with Gasteiger partial charge in [-0.2, -0.15) is 0 Å². The Labute approximate surface area is 112 Å². The predicted molar refractivity (Wildman–Crippen MR) is 71.2 cm³/mol. The highest BCUT2D eigenvalue weighted by atomic mass is 16.4. The summed E-state index contributed by atoms with van der Waals surface area (Å²) < 4.78 is 0. The first-order valence-electron chi connectivity index (χ1n) is 6.14. The molecule has 0 fully saturated rings. The lowest BCUT2D eigenvalue weighted by atomic mass is 10.0. The lowest BCUT2D eigenvalue weighted by molar-refractivity contribution is -0.139. The molecule has 0 aliphatic carbocycles. The van der Waals surface area contributed by atoms with Crippen molar-refractivity contribution in [2.45, 2.75) is 33.2 Å². The second kappa shape index (κ2) is 6.22. The van der Waals surface area contributed by atoms with Crippen molar-refractivity contribution in [2.24, 2.45) is 5.92 Å². The summed E-state index contributed by atoms with van der Waals surface area (Å²) in [6.45, 7) is 5.47. The van der Waals surface area contributed by atoms with Gasteiger partial charge in [-0.05, 0) is 43.0 Å². The van der Waals surface area contributed by atoms with Crippen molar-refractivity contribution in [3.63, 3.8) is 0 Å². The highest BCUT2D eigenvalue weighted by Crippen LogP contribution is 2.17. The molecule has 1 amide bonds. The van der Waals surface area contributed by atoms with Gasteiger partial charge in [0.25, 0.3) is 5.91 Å². The molecule has 5 heteroatoms. The highest BCUT2D eigenvalue weighted by Gasteiger charge is 2.21. The Bertz CT molecular complexity index is 482. The van der Waals surface area contributed by atoms with Crippen molar-refractivity contribution in [1.82, 2.24) is 5.32 Å². The molecule has 0 saturated carbocycles.